The number of pyridine rings is 1. The van der Waals surface area contributed by atoms with Gasteiger partial charge in [0.1, 0.15) is 18.2 Å². The minimum absolute atomic E-state index is 0.237. The molecule has 1 aromatic carbocycles. The molecule has 1 N–H and O–H groups in total. The second-order valence-corrected chi connectivity index (χ2v) is 7.50. The van der Waals surface area contributed by atoms with Crippen molar-refractivity contribution in [2.24, 2.45) is 5.41 Å². The highest BCUT2D eigenvalue weighted by Gasteiger charge is 2.29. The number of hydrogen-bond acceptors (Lipinski definition) is 6. The highest BCUT2D eigenvalue weighted by Crippen LogP contribution is 2.25. The summed E-state index contributed by atoms with van der Waals surface area (Å²) >= 11 is 0. The van der Waals surface area contributed by atoms with E-state index in [4.69, 9.17) is 14.2 Å². The van der Waals surface area contributed by atoms with Crippen molar-refractivity contribution in [1.29, 1.82) is 0 Å². The Labute approximate surface area is 176 Å². The fourth-order valence-electron chi connectivity index (χ4n) is 2.81. The molecule has 0 fully saturated rings. The number of carbonyl (C=O) groups excluding carboxylic acids is 1. The molecule has 158 valence electrons. The van der Waals surface area contributed by atoms with Crippen molar-refractivity contribution in [3.8, 4) is 28.4 Å². The van der Waals surface area contributed by atoms with Gasteiger partial charge in [-0.05, 0) is 57.2 Å². The van der Waals surface area contributed by atoms with E-state index in [0.717, 1.165) is 28.3 Å². The summed E-state index contributed by atoms with van der Waals surface area (Å²) in [5, 5.41) is 0. The third-order valence-corrected chi connectivity index (χ3v) is 4.61. The van der Waals surface area contributed by atoms with Gasteiger partial charge in [-0.25, -0.2) is 4.98 Å². The molecule has 0 radical (unpaired) electrons. The molecule has 3 aromatic rings. The Kier molecular flexibility index (Phi) is 6.84. The maximum absolute atomic E-state index is 11.7. The zero-order valence-electron chi connectivity index (χ0n) is 17.8. The van der Waals surface area contributed by atoms with Crippen LogP contribution in [0.5, 0.6) is 5.75 Å². The van der Waals surface area contributed by atoms with Crippen LogP contribution in [0.3, 0.4) is 0 Å². The Balaban J connectivity index is 1.64. The first kappa shape index (κ1) is 21.5. The van der Waals surface area contributed by atoms with Crippen LogP contribution in [0.15, 0.2) is 48.8 Å². The van der Waals surface area contributed by atoms with Crippen molar-refractivity contribution < 1.29 is 19.0 Å². The average molecular weight is 409 g/mol. The van der Waals surface area contributed by atoms with Crippen molar-refractivity contribution in [3.05, 3.63) is 54.5 Å². The Morgan fingerprint density at radius 3 is 2.47 bits per heavy atom. The number of aromatic amines is 1. The van der Waals surface area contributed by atoms with Crippen LogP contribution in [0, 0.1) is 5.41 Å². The maximum atomic E-state index is 11.7. The Morgan fingerprint density at radius 2 is 1.83 bits per heavy atom. The van der Waals surface area contributed by atoms with Crippen LogP contribution in [0.1, 0.15) is 26.5 Å². The van der Waals surface area contributed by atoms with E-state index in [1.165, 1.54) is 7.11 Å². The first-order valence-electron chi connectivity index (χ1n) is 9.83. The maximum Gasteiger partial charge on any atom is 0.314 e. The first-order valence-corrected chi connectivity index (χ1v) is 9.83. The zero-order chi connectivity index (χ0) is 21.6. The van der Waals surface area contributed by atoms with Crippen molar-refractivity contribution in [1.82, 2.24) is 15.0 Å². The molecule has 0 bridgehead atoms. The third-order valence-electron chi connectivity index (χ3n) is 4.61. The van der Waals surface area contributed by atoms with E-state index < -0.39 is 5.41 Å². The topological polar surface area (TPSA) is 86.3 Å². The fourth-order valence-corrected chi connectivity index (χ4v) is 2.81. The van der Waals surface area contributed by atoms with Gasteiger partial charge in [-0.1, -0.05) is 0 Å². The summed E-state index contributed by atoms with van der Waals surface area (Å²) in [4.78, 5) is 24.0. The number of H-pyrrole nitrogens is 1. The average Bonchev–Trinajstić information content (AvgIpc) is 3.25. The normalized spacial score (nSPS) is 11.3. The van der Waals surface area contributed by atoms with Crippen LogP contribution in [0.2, 0.25) is 0 Å². The van der Waals surface area contributed by atoms with Gasteiger partial charge in [0.05, 0.1) is 30.5 Å². The minimum Gasteiger partial charge on any atom is -0.492 e. The molecule has 0 aliphatic rings. The molecule has 7 nitrogen and oxygen atoms in total. The van der Waals surface area contributed by atoms with Crippen LogP contribution in [0.4, 0.5) is 0 Å². The largest absolute Gasteiger partial charge is 0.492 e. The zero-order valence-corrected chi connectivity index (χ0v) is 17.8. The number of benzene rings is 1. The number of aromatic nitrogens is 3. The predicted octanol–water partition coefficient (Wildman–Crippen LogP) is 4.25. The molecule has 2 heterocycles. The summed E-state index contributed by atoms with van der Waals surface area (Å²) in [7, 11) is 1.38. The molecule has 0 saturated carbocycles. The van der Waals surface area contributed by atoms with Crippen LogP contribution >= 0.6 is 0 Å². The predicted molar refractivity (Wildman–Crippen MR) is 114 cm³/mol. The van der Waals surface area contributed by atoms with E-state index in [2.05, 4.69) is 15.0 Å². The number of rotatable bonds is 9. The lowest BCUT2D eigenvalue weighted by Gasteiger charge is -2.21. The lowest BCUT2D eigenvalue weighted by Crippen LogP contribution is -2.32. The number of nitrogens with zero attached hydrogens (tertiary/aromatic N) is 2. The van der Waals surface area contributed by atoms with Gasteiger partial charge in [-0.15, -0.1) is 0 Å². The number of imidazole rings is 1. The summed E-state index contributed by atoms with van der Waals surface area (Å²) in [5.74, 6) is 1.15. The van der Waals surface area contributed by atoms with E-state index in [9.17, 15) is 4.79 Å². The smallest absolute Gasteiger partial charge is 0.314 e. The molecule has 0 saturated heterocycles. The van der Waals surface area contributed by atoms with Gasteiger partial charge in [-0.2, -0.15) is 0 Å². The van der Waals surface area contributed by atoms with Crippen LogP contribution in [0.25, 0.3) is 22.6 Å². The number of esters is 1. The van der Waals surface area contributed by atoms with E-state index in [1.807, 2.05) is 49.5 Å². The van der Waals surface area contributed by atoms with Crippen molar-refractivity contribution in [2.45, 2.75) is 27.4 Å². The van der Waals surface area contributed by atoms with E-state index in [0.29, 0.717) is 19.0 Å². The van der Waals surface area contributed by atoms with E-state index >= 15 is 0 Å². The number of carbonyl (C=O) groups is 1. The number of hydrogen-bond donors (Lipinski definition) is 1. The molecule has 7 heteroatoms. The summed E-state index contributed by atoms with van der Waals surface area (Å²) in [5.41, 5.74) is 2.88. The van der Waals surface area contributed by atoms with Crippen LogP contribution in [-0.2, 0) is 20.9 Å². The minimum atomic E-state index is -0.709. The molecule has 0 spiro atoms. The molecular formula is C23H27N3O4. The molecule has 3 rings (SSSR count). The Hall–Kier alpha value is -3.19. The molecule has 0 atom stereocenters. The van der Waals surface area contributed by atoms with Crippen LogP contribution in [-0.4, -0.2) is 41.2 Å². The SMILES string of the molecule is CCOCc1c[nH]c(-c2ccc(-c3ccc(OCC(C)(C)C(=O)OC)cc3)nc2)n1. The second kappa shape index (κ2) is 9.54. The van der Waals surface area contributed by atoms with Gasteiger partial charge in [0.2, 0.25) is 0 Å². The molecular weight excluding hydrogens is 382 g/mol. The summed E-state index contributed by atoms with van der Waals surface area (Å²) in [6.45, 7) is 6.92. The summed E-state index contributed by atoms with van der Waals surface area (Å²) < 4.78 is 15.9. The molecule has 0 aliphatic carbocycles. The number of methoxy groups -OCH3 is 1. The highest BCUT2D eigenvalue weighted by atomic mass is 16.5. The number of ether oxygens (including phenoxy) is 3. The quantitative estimate of drug-likeness (QED) is 0.532. The van der Waals surface area contributed by atoms with Gasteiger partial charge < -0.3 is 19.2 Å². The standard InChI is InChI=1S/C23H27N3O4/c1-5-29-14-18-13-25-21(26-18)17-8-11-20(24-12-17)16-6-9-19(10-7-16)30-15-23(2,3)22(27)28-4/h6-13H,5,14-15H2,1-4H3,(H,25,26). The second-order valence-electron chi connectivity index (χ2n) is 7.50. The molecule has 30 heavy (non-hydrogen) atoms. The lowest BCUT2D eigenvalue weighted by atomic mass is 9.95. The highest BCUT2D eigenvalue weighted by molar-refractivity contribution is 5.76. The Bertz CT molecular complexity index is 963. The number of nitrogens with one attached hydrogen (secondary N) is 1. The van der Waals surface area contributed by atoms with Crippen molar-refractivity contribution >= 4 is 5.97 Å². The Morgan fingerprint density at radius 1 is 1.10 bits per heavy atom. The van der Waals surface area contributed by atoms with Crippen molar-refractivity contribution in [2.75, 3.05) is 20.3 Å². The lowest BCUT2D eigenvalue weighted by molar-refractivity contribution is -0.152. The monoisotopic (exact) mass is 409 g/mol. The molecule has 0 aliphatic heterocycles. The van der Waals surface area contributed by atoms with Gasteiger partial charge in [0.15, 0.2) is 0 Å². The first-order chi connectivity index (χ1) is 14.4. The van der Waals surface area contributed by atoms with Gasteiger partial charge in [0, 0.05) is 30.1 Å². The molecule has 2 aromatic heterocycles. The fraction of sp³-hybridized carbons (Fsp3) is 0.348. The van der Waals surface area contributed by atoms with Crippen LogP contribution < -0.4 is 4.74 Å². The van der Waals surface area contributed by atoms with Gasteiger partial charge in [-0.3, -0.25) is 9.78 Å². The molecule has 0 amide bonds. The summed E-state index contributed by atoms with van der Waals surface area (Å²) in [6, 6.07) is 11.5. The summed E-state index contributed by atoms with van der Waals surface area (Å²) in [6.07, 6.45) is 3.64. The molecule has 0 unspecified atom stereocenters. The van der Waals surface area contributed by atoms with Gasteiger partial charge >= 0.3 is 5.97 Å². The van der Waals surface area contributed by atoms with Crippen molar-refractivity contribution in [3.63, 3.8) is 0 Å². The third kappa shape index (κ3) is 5.24. The van der Waals surface area contributed by atoms with E-state index in [1.54, 1.807) is 20.0 Å². The van der Waals surface area contributed by atoms with E-state index in [-0.39, 0.29) is 12.6 Å². The van der Waals surface area contributed by atoms with Gasteiger partial charge in [0.25, 0.3) is 0 Å².